The van der Waals surface area contributed by atoms with E-state index in [0.717, 1.165) is 16.9 Å². The Kier molecular flexibility index (Phi) is 3.55. The minimum Gasteiger partial charge on any atom is -0.379 e. The summed E-state index contributed by atoms with van der Waals surface area (Å²) in [7, 11) is 0. The van der Waals surface area contributed by atoms with Crippen molar-refractivity contribution in [2.45, 2.75) is 39.8 Å². The van der Waals surface area contributed by atoms with Gasteiger partial charge in [-0.05, 0) is 51.5 Å². The summed E-state index contributed by atoms with van der Waals surface area (Å²) in [6, 6.07) is 4.87. The number of nitrogens with zero attached hydrogens (tertiary/aromatic N) is 3. The molecule has 0 radical (unpaired) electrons. The fraction of sp³-hybridized carbons (Fsp3) is 0.429. The lowest BCUT2D eigenvalue weighted by atomic mass is 10.1. The van der Waals surface area contributed by atoms with Crippen molar-refractivity contribution in [1.29, 1.82) is 0 Å². The summed E-state index contributed by atoms with van der Waals surface area (Å²) in [4.78, 5) is 0. The lowest BCUT2D eigenvalue weighted by molar-refractivity contribution is 0.347. The topological polar surface area (TPSA) is 42.7 Å². The van der Waals surface area contributed by atoms with Crippen LogP contribution in [0.5, 0.6) is 0 Å². The van der Waals surface area contributed by atoms with E-state index < -0.39 is 0 Å². The monoisotopic (exact) mass is 262 g/mol. The number of rotatable bonds is 3. The van der Waals surface area contributed by atoms with Crippen molar-refractivity contribution in [3.63, 3.8) is 0 Å². The molecule has 1 heterocycles. The first-order valence-corrected chi connectivity index (χ1v) is 6.27. The highest BCUT2D eigenvalue weighted by molar-refractivity contribution is 5.46. The van der Waals surface area contributed by atoms with Crippen LogP contribution in [0.4, 0.5) is 10.1 Å². The summed E-state index contributed by atoms with van der Waals surface area (Å²) in [6.07, 6.45) is 1.90. The number of benzene rings is 1. The van der Waals surface area contributed by atoms with Gasteiger partial charge in [-0.15, -0.1) is 5.10 Å². The third-order valence-electron chi connectivity index (χ3n) is 2.74. The van der Waals surface area contributed by atoms with Crippen LogP contribution >= 0.6 is 0 Å². The Bertz CT molecular complexity index is 549. The van der Waals surface area contributed by atoms with Crippen LogP contribution in [0.1, 0.15) is 32.0 Å². The van der Waals surface area contributed by atoms with Crippen LogP contribution < -0.4 is 5.32 Å². The molecule has 0 aliphatic carbocycles. The van der Waals surface area contributed by atoms with E-state index >= 15 is 0 Å². The lowest BCUT2D eigenvalue weighted by Gasteiger charge is -2.17. The molecule has 1 N–H and O–H groups in total. The van der Waals surface area contributed by atoms with Gasteiger partial charge in [-0.25, -0.2) is 9.07 Å². The molecule has 2 aromatic rings. The molecule has 0 saturated heterocycles. The number of hydrogen-bond donors (Lipinski definition) is 1. The first-order chi connectivity index (χ1) is 8.84. The predicted molar refractivity (Wildman–Crippen MR) is 73.5 cm³/mol. The van der Waals surface area contributed by atoms with Crippen molar-refractivity contribution in [3.05, 3.63) is 41.5 Å². The van der Waals surface area contributed by atoms with E-state index in [0.29, 0.717) is 6.54 Å². The van der Waals surface area contributed by atoms with Gasteiger partial charge >= 0.3 is 0 Å². The molecule has 5 heteroatoms. The number of nitrogens with one attached hydrogen (secondary N) is 1. The Hall–Kier alpha value is -1.91. The second-order valence-electron chi connectivity index (χ2n) is 5.70. The normalized spacial score (nSPS) is 11.6. The molecular weight excluding hydrogens is 243 g/mol. The fourth-order valence-corrected chi connectivity index (χ4v) is 1.74. The first-order valence-electron chi connectivity index (χ1n) is 6.27. The van der Waals surface area contributed by atoms with Crippen LogP contribution in [0.15, 0.2) is 24.4 Å². The molecule has 19 heavy (non-hydrogen) atoms. The highest BCUT2D eigenvalue weighted by Gasteiger charge is 2.14. The van der Waals surface area contributed by atoms with E-state index in [-0.39, 0.29) is 11.4 Å². The molecule has 102 valence electrons. The maximum Gasteiger partial charge on any atom is 0.125 e. The van der Waals surface area contributed by atoms with Crippen LogP contribution in [0.25, 0.3) is 0 Å². The first kappa shape index (κ1) is 13.5. The van der Waals surface area contributed by atoms with Crippen LogP contribution in [-0.2, 0) is 12.1 Å². The molecular formula is C14H19FN4. The second-order valence-corrected chi connectivity index (χ2v) is 5.70. The minimum absolute atomic E-state index is 0.0826. The summed E-state index contributed by atoms with van der Waals surface area (Å²) >= 11 is 0. The summed E-state index contributed by atoms with van der Waals surface area (Å²) < 4.78 is 15.1. The Balaban J connectivity index is 2.04. The highest BCUT2D eigenvalue weighted by Crippen LogP contribution is 2.15. The van der Waals surface area contributed by atoms with Crippen LogP contribution in [0.2, 0.25) is 0 Å². The average Bonchev–Trinajstić information content (AvgIpc) is 2.73. The smallest absolute Gasteiger partial charge is 0.125 e. The summed E-state index contributed by atoms with van der Waals surface area (Å²) in [5, 5.41) is 11.3. The molecule has 0 saturated carbocycles. The van der Waals surface area contributed by atoms with Gasteiger partial charge < -0.3 is 5.32 Å². The van der Waals surface area contributed by atoms with E-state index in [1.165, 1.54) is 12.1 Å². The number of anilines is 1. The van der Waals surface area contributed by atoms with Gasteiger partial charge in [0.05, 0.1) is 18.3 Å². The van der Waals surface area contributed by atoms with E-state index in [1.807, 2.05) is 23.9 Å². The third kappa shape index (κ3) is 3.53. The largest absolute Gasteiger partial charge is 0.379 e. The van der Waals surface area contributed by atoms with Gasteiger partial charge in [-0.3, -0.25) is 0 Å². The van der Waals surface area contributed by atoms with Gasteiger partial charge in [-0.1, -0.05) is 5.21 Å². The van der Waals surface area contributed by atoms with Crippen LogP contribution in [-0.4, -0.2) is 15.0 Å². The SMILES string of the molecule is Cc1cc(F)cc(NCc2cn(C(C)(C)C)nn2)c1. The van der Waals surface area contributed by atoms with Gasteiger partial charge in [0.25, 0.3) is 0 Å². The van der Waals surface area contributed by atoms with Gasteiger partial charge in [0.15, 0.2) is 0 Å². The van der Waals surface area contributed by atoms with Gasteiger partial charge in [0.2, 0.25) is 0 Å². The standard InChI is InChI=1S/C14H19FN4/c1-10-5-11(15)7-12(6-10)16-8-13-9-19(18-17-13)14(2,3)4/h5-7,9,16H,8H2,1-4H3. The fourth-order valence-electron chi connectivity index (χ4n) is 1.74. The lowest BCUT2D eigenvalue weighted by Crippen LogP contribution is -2.22. The molecule has 4 nitrogen and oxygen atoms in total. The molecule has 0 atom stereocenters. The highest BCUT2D eigenvalue weighted by atomic mass is 19.1. The van der Waals surface area contributed by atoms with E-state index in [1.54, 1.807) is 0 Å². The van der Waals surface area contributed by atoms with E-state index in [9.17, 15) is 4.39 Å². The molecule has 0 spiro atoms. The molecule has 1 aromatic carbocycles. The number of aromatic nitrogens is 3. The number of aryl methyl sites for hydroxylation is 1. The van der Waals surface area contributed by atoms with Gasteiger partial charge in [0.1, 0.15) is 11.5 Å². The van der Waals surface area contributed by atoms with E-state index in [2.05, 4.69) is 36.4 Å². The molecule has 1 aromatic heterocycles. The van der Waals surface area contributed by atoms with Crippen molar-refractivity contribution in [1.82, 2.24) is 15.0 Å². The zero-order chi connectivity index (χ0) is 14.0. The minimum atomic E-state index is -0.235. The summed E-state index contributed by atoms with van der Waals surface area (Å²) in [5.41, 5.74) is 2.39. The van der Waals surface area contributed by atoms with Crippen molar-refractivity contribution >= 4 is 5.69 Å². The summed E-state index contributed by atoms with van der Waals surface area (Å²) in [5.74, 6) is -0.235. The third-order valence-corrected chi connectivity index (χ3v) is 2.74. The maximum absolute atomic E-state index is 13.2. The van der Waals surface area contributed by atoms with Crippen molar-refractivity contribution in [2.24, 2.45) is 0 Å². The van der Waals surface area contributed by atoms with Crippen molar-refractivity contribution in [3.8, 4) is 0 Å². The Morgan fingerprint density at radius 2 is 2.00 bits per heavy atom. The molecule has 0 fully saturated rings. The Labute approximate surface area is 112 Å². The Morgan fingerprint density at radius 1 is 1.26 bits per heavy atom. The maximum atomic E-state index is 13.2. The summed E-state index contributed by atoms with van der Waals surface area (Å²) in [6.45, 7) is 8.58. The zero-order valence-corrected chi connectivity index (χ0v) is 11.7. The van der Waals surface area contributed by atoms with Crippen molar-refractivity contribution < 1.29 is 4.39 Å². The predicted octanol–water partition coefficient (Wildman–Crippen LogP) is 3.09. The molecule has 2 rings (SSSR count). The molecule has 0 unspecified atom stereocenters. The number of hydrogen-bond acceptors (Lipinski definition) is 3. The molecule has 0 aliphatic rings. The zero-order valence-electron chi connectivity index (χ0n) is 11.7. The van der Waals surface area contributed by atoms with Gasteiger partial charge in [-0.2, -0.15) is 0 Å². The van der Waals surface area contributed by atoms with Crippen LogP contribution in [0.3, 0.4) is 0 Å². The van der Waals surface area contributed by atoms with E-state index in [4.69, 9.17) is 0 Å². The number of halogens is 1. The molecule has 0 amide bonds. The van der Waals surface area contributed by atoms with Crippen LogP contribution in [0, 0.1) is 12.7 Å². The second kappa shape index (κ2) is 4.99. The van der Waals surface area contributed by atoms with Gasteiger partial charge in [0, 0.05) is 5.69 Å². The Morgan fingerprint density at radius 3 is 2.58 bits per heavy atom. The quantitative estimate of drug-likeness (QED) is 0.924. The molecule has 0 bridgehead atoms. The molecule has 0 aliphatic heterocycles. The van der Waals surface area contributed by atoms with Crippen molar-refractivity contribution in [2.75, 3.05) is 5.32 Å². The average molecular weight is 262 g/mol.